The Labute approximate surface area is 126 Å². The fourth-order valence-corrected chi connectivity index (χ4v) is 1.52. The maximum atomic E-state index is 11.7. The van der Waals surface area contributed by atoms with Crippen LogP contribution >= 0.6 is 0 Å². The van der Waals surface area contributed by atoms with Crippen molar-refractivity contribution in [2.75, 3.05) is 5.32 Å². The molecule has 1 aliphatic carbocycles. The smallest absolute Gasteiger partial charge is 0.331 e. The zero-order valence-electron chi connectivity index (χ0n) is 13.0. The van der Waals surface area contributed by atoms with Gasteiger partial charge in [0.25, 0.3) is 0 Å². The topological polar surface area (TPSA) is 71.5 Å². The number of hydrogen-bond acceptors (Lipinski definition) is 4. The third-order valence-corrected chi connectivity index (χ3v) is 3.95. The molecule has 0 unspecified atom stereocenters. The van der Waals surface area contributed by atoms with Gasteiger partial charge in [-0.15, -0.1) is 0 Å². The molecule has 1 aliphatic rings. The lowest BCUT2D eigenvalue weighted by Crippen LogP contribution is -2.49. The molecule has 2 N–H and O–H groups in total. The van der Waals surface area contributed by atoms with Crippen LogP contribution < -0.4 is 10.8 Å². The molecule has 1 radical (unpaired) electrons. The van der Waals surface area contributed by atoms with Gasteiger partial charge in [0, 0.05) is 12.1 Å². The molecule has 0 bridgehead atoms. The van der Waals surface area contributed by atoms with E-state index in [1.54, 1.807) is 39.7 Å². The van der Waals surface area contributed by atoms with Crippen molar-refractivity contribution in [1.82, 2.24) is 4.98 Å². The zero-order chi connectivity index (χ0) is 15.7. The normalized spacial score (nSPS) is 15.7. The second kappa shape index (κ2) is 5.77. The third kappa shape index (κ3) is 4.28. The monoisotopic (exact) mass is 289 g/mol. The molecule has 1 aromatic heterocycles. The van der Waals surface area contributed by atoms with E-state index in [0.717, 1.165) is 18.3 Å². The lowest BCUT2D eigenvalue weighted by Gasteiger charge is -2.37. The van der Waals surface area contributed by atoms with Crippen molar-refractivity contribution in [1.29, 1.82) is 0 Å². The molecule has 1 fully saturated rings. The van der Waals surface area contributed by atoms with E-state index in [1.165, 1.54) is 0 Å². The number of aliphatic hydroxyl groups is 1. The quantitative estimate of drug-likeness (QED) is 0.773. The molecule has 2 rings (SSSR count). The molecule has 21 heavy (non-hydrogen) atoms. The predicted molar refractivity (Wildman–Crippen MR) is 82.4 cm³/mol. The van der Waals surface area contributed by atoms with Gasteiger partial charge in [0.15, 0.2) is 0 Å². The molecule has 0 spiro atoms. The van der Waals surface area contributed by atoms with Crippen LogP contribution in [0.25, 0.3) is 0 Å². The molecule has 0 aliphatic heterocycles. The van der Waals surface area contributed by atoms with E-state index in [0.29, 0.717) is 5.82 Å². The minimum atomic E-state index is -0.973. The van der Waals surface area contributed by atoms with E-state index < -0.39 is 11.2 Å². The summed E-state index contributed by atoms with van der Waals surface area (Å²) in [5.74, 6) is 0.688. The number of rotatable bonds is 6. The highest BCUT2D eigenvalue weighted by atomic mass is 16.5. The standard InChI is InChI=1S/C15H22BN2O3/c1-14(2,20)15(3,4)21-16-11-7-8-17-12(9-11)18-13(19)10-5-6-10/h7-10,20H,5-6H2,1-4H3,(H,17,18,19). The van der Waals surface area contributed by atoms with Crippen LogP contribution in [0.1, 0.15) is 40.5 Å². The van der Waals surface area contributed by atoms with Crippen LogP contribution in [-0.4, -0.2) is 34.7 Å². The van der Waals surface area contributed by atoms with Gasteiger partial charge in [0.1, 0.15) is 5.82 Å². The molecular formula is C15H22BN2O3. The van der Waals surface area contributed by atoms with E-state index in [1.807, 2.05) is 13.8 Å². The van der Waals surface area contributed by atoms with Crippen molar-refractivity contribution in [2.24, 2.45) is 5.92 Å². The summed E-state index contributed by atoms with van der Waals surface area (Å²) in [5.41, 5.74) is -0.916. The number of nitrogens with one attached hydrogen (secondary N) is 1. The Morgan fingerprint density at radius 1 is 1.43 bits per heavy atom. The Morgan fingerprint density at radius 2 is 2.10 bits per heavy atom. The van der Waals surface area contributed by atoms with Crippen LogP contribution in [0.5, 0.6) is 0 Å². The molecule has 1 amide bonds. The van der Waals surface area contributed by atoms with Crippen LogP contribution in [0.3, 0.4) is 0 Å². The number of anilines is 1. The second-order valence-corrected chi connectivity index (χ2v) is 6.54. The fourth-order valence-electron chi connectivity index (χ4n) is 1.52. The summed E-state index contributed by atoms with van der Waals surface area (Å²) in [4.78, 5) is 15.8. The lowest BCUT2D eigenvalue weighted by molar-refractivity contribution is -0.117. The first-order chi connectivity index (χ1) is 9.69. The van der Waals surface area contributed by atoms with E-state index in [-0.39, 0.29) is 11.8 Å². The molecule has 1 saturated carbocycles. The van der Waals surface area contributed by atoms with Crippen LogP contribution in [0.4, 0.5) is 5.82 Å². The first-order valence-electron chi connectivity index (χ1n) is 7.19. The number of pyridine rings is 1. The predicted octanol–water partition coefficient (Wildman–Crippen LogP) is 1.24. The van der Waals surface area contributed by atoms with E-state index in [9.17, 15) is 9.90 Å². The largest absolute Gasteiger partial charge is 0.427 e. The van der Waals surface area contributed by atoms with Crippen molar-refractivity contribution < 1.29 is 14.6 Å². The maximum Gasteiger partial charge on any atom is 0.331 e. The highest BCUT2D eigenvalue weighted by Gasteiger charge is 2.35. The van der Waals surface area contributed by atoms with Gasteiger partial charge in [0.2, 0.25) is 5.91 Å². The number of aromatic nitrogens is 1. The highest BCUT2D eigenvalue weighted by Crippen LogP contribution is 2.29. The Bertz CT molecular complexity index is 522. The van der Waals surface area contributed by atoms with Crippen LogP contribution in [0.15, 0.2) is 18.3 Å². The minimum absolute atomic E-state index is 0.0254. The van der Waals surface area contributed by atoms with Gasteiger partial charge >= 0.3 is 7.48 Å². The highest BCUT2D eigenvalue weighted by molar-refractivity contribution is 6.47. The third-order valence-electron chi connectivity index (χ3n) is 3.95. The summed E-state index contributed by atoms with van der Waals surface area (Å²) in [6.07, 6.45) is 3.54. The van der Waals surface area contributed by atoms with Crippen molar-refractivity contribution in [2.45, 2.75) is 51.7 Å². The molecule has 0 atom stereocenters. The SMILES string of the molecule is CC(C)(O)C(C)(C)O[B]c1ccnc(NC(=O)C2CC2)c1. The van der Waals surface area contributed by atoms with Crippen LogP contribution in [0.2, 0.25) is 0 Å². The Kier molecular flexibility index (Phi) is 4.39. The number of hydrogen-bond donors (Lipinski definition) is 2. The zero-order valence-corrected chi connectivity index (χ0v) is 13.0. The number of nitrogens with zero attached hydrogens (tertiary/aromatic N) is 1. The van der Waals surface area contributed by atoms with Crippen molar-refractivity contribution in [3.05, 3.63) is 18.3 Å². The van der Waals surface area contributed by atoms with Gasteiger partial charge < -0.3 is 15.1 Å². The Balaban J connectivity index is 1.96. The molecule has 113 valence electrons. The summed E-state index contributed by atoms with van der Waals surface area (Å²) < 4.78 is 5.68. The van der Waals surface area contributed by atoms with Gasteiger partial charge in [-0.2, -0.15) is 0 Å². The minimum Gasteiger partial charge on any atom is -0.427 e. The molecule has 0 aromatic carbocycles. The number of carbonyl (C=O) groups is 1. The van der Waals surface area contributed by atoms with Gasteiger partial charge in [-0.25, -0.2) is 4.98 Å². The molecule has 6 heteroatoms. The van der Waals surface area contributed by atoms with Gasteiger partial charge in [0.05, 0.1) is 11.2 Å². The van der Waals surface area contributed by atoms with Crippen molar-refractivity contribution in [3.63, 3.8) is 0 Å². The first-order valence-corrected chi connectivity index (χ1v) is 7.19. The second-order valence-electron chi connectivity index (χ2n) is 6.54. The average molecular weight is 289 g/mol. The van der Waals surface area contributed by atoms with E-state index in [2.05, 4.69) is 10.3 Å². The Morgan fingerprint density at radius 3 is 2.67 bits per heavy atom. The molecule has 1 heterocycles. The summed E-state index contributed by atoms with van der Waals surface area (Å²) in [6, 6.07) is 3.54. The first kappa shape index (κ1) is 16.0. The number of carbonyl (C=O) groups excluding carboxylic acids is 1. The molecular weight excluding hydrogens is 267 g/mol. The molecule has 0 saturated heterocycles. The summed E-state index contributed by atoms with van der Waals surface area (Å²) in [5, 5.41) is 12.8. The van der Waals surface area contributed by atoms with Gasteiger partial charge in [-0.3, -0.25) is 4.79 Å². The summed E-state index contributed by atoms with van der Waals surface area (Å²) in [7, 11) is 1.58. The number of amides is 1. The summed E-state index contributed by atoms with van der Waals surface area (Å²) in [6.45, 7) is 7.05. The van der Waals surface area contributed by atoms with Gasteiger partial charge in [-0.1, -0.05) is 0 Å². The van der Waals surface area contributed by atoms with Gasteiger partial charge in [-0.05, 0) is 58.1 Å². The fraction of sp³-hybridized carbons (Fsp3) is 0.600. The maximum absolute atomic E-state index is 11.7. The van der Waals surface area contributed by atoms with E-state index >= 15 is 0 Å². The van der Waals surface area contributed by atoms with Crippen molar-refractivity contribution >= 4 is 24.7 Å². The molecule has 5 nitrogen and oxygen atoms in total. The Hall–Kier alpha value is -1.40. The molecule has 1 aromatic rings. The lowest BCUT2D eigenvalue weighted by atomic mass is 9.83. The average Bonchev–Trinajstić information content (AvgIpc) is 3.20. The summed E-state index contributed by atoms with van der Waals surface area (Å²) >= 11 is 0. The van der Waals surface area contributed by atoms with Crippen LogP contribution in [-0.2, 0) is 9.45 Å². The van der Waals surface area contributed by atoms with Crippen molar-refractivity contribution in [3.8, 4) is 0 Å². The van der Waals surface area contributed by atoms with Crippen LogP contribution in [0, 0.1) is 5.92 Å². The van der Waals surface area contributed by atoms with E-state index in [4.69, 9.17) is 4.65 Å².